The van der Waals surface area contributed by atoms with E-state index in [1.54, 1.807) is 0 Å². The molecule has 0 saturated carbocycles. The minimum Gasteiger partial charge on any atom is -0.327 e. The molecule has 0 bridgehead atoms. The van der Waals surface area contributed by atoms with Gasteiger partial charge in [-0.25, -0.2) is 0 Å². The fraction of sp³-hybridized carbons (Fsp3) is 1.00. The van der Waals surface area contributed by atoms with E-state index in [1.165, 1.54) is 32.5 Å². The molecule has 0 unspecified atom stereocenters. The Hall–Kier alpha value is -0.0800. The monoisotopic (exact) mass is 200 g/mol. The highest BCUT2D eigenvalue weighted by Crippen LogP contribution is 2.05. The summed E-state index contributed by atoms with van der Waals surface area (Å²) < 4.78 is 0. The van der Waals surface area contributed by atoms with Crippen molar-refractivity contribution >= 4 is 0 Å². The van der Waals surface area contributed by atoms with Gasteiger partial charge in [0.25, 0.3) is 0 Å². The molecule has 2 N–H and O–H groups in total. The van der Waals surface area contributed by atoms with Crippen molar-refractivity contribution in [3.05, 3.63) is 0 Å². The predicted octanol–water partition coefficient (Wildman–Crippen LogP) is 2.48. The Morgan fingerprint density at radius 1 is 1.00 bits per heavy atom. The van der Waals surface area contributed by atoms with Gasteiger partial charge in [-0.2, -0.15) is 0 Å². The predicted molar refractivity (Wildman–Crippen MR) is 64.5 cm³/mol. The quantitative estimate of drug-likeness (QED) is 0.652. The minimum atomic E-state index is 0.367. The van der Waals surface area contributed by atoms with Crippen LogP contribution in [-0.4, -0.2) is 30.6 Å². The van der Waals surface area contributed by atoms with Crippen LogP contribution in [0.1, 0.15) is 47.0 Å². The fourth-order valence-electron chi connectivity index (χ4n) is 1.63. The van der Waals surface area contributed by atoms with E-state index >= 15 is 0 Å². The zero-order chi connectivity index (χ0) is 11.0. The van der Waals surface area contributed by atoms with Gasteiger partial charge in [0.05, 0.1) is 0 Å². The van der Waals surface area contributed by atoms with Gasteiger partial charge in [-0.3, -0.25) is 0 Å². The lowest BCUT2D eigenvalue weighted by Gasteiger charge is -2.24. The number of nitrogens with zero attached hydrogens (tertiary/aromatic N) is 1. The van der Waals surface area contributed by atoms with Gasteiger partial charge >= 0.3 is 0 Å². The molecule has 0 aromatic heterocycles. The smallest absolute Gasteiger partial charge is 0.00740 e. The van der Waals surface area contributed by atoms with Gasteiger partial charge in [0.2, 0.25) is 0 Å². The summed E-state index contributed by atoms with van der Waals surface area (Å²) in [6.45, 7) is 12.5. The Bertz CT molecular complexity index is 117. The van der Waals surface area contributed by atoms with Gasteiger partial charge < -0.3 is 10.6 Å². The minimum absolute atomic E-state index is 0.367. The van der Waals surface area contributed by atoms with Crippen molar-refractivity contribution in [3.8, 4) is 0 Å². The number of hydrogen-bond acceptors (Lipinski definition) is 2. The van der Waals surface area contributed by atoms with E-state index < -0.39 is 0 Å². The number of nitrogens with two attached hydrogens (primary N) is 1. The fourth-order valence-corrected chi connectivity index (χ4v) is 1.63. The lowest BCUT2D eigenvalue weighted by molar-refractivity contribution is 0.255. The maximum Gasteiger partial charge on any atom is 0.00740 e. The molecule has 0 aromatic carbocycles. The maximum atomic E-state index is 6.03. The summed E-state index contributed by atoms with van der Waals surface area (Å²) in [6, 6.07) is 0.367. The van der Waals surface area contributed by atoms with E-state index in [9.17, 15) is 0 Å². The molecule has 0 saturated heterocycles. The summed E-state index contributed by atoms with van der Waals surface area (Å²) >= 11 is 0. The summed E-state index contributed by atoms with van der Waals surface area (Å²) in [5.41, 5.74) is 6.03. The Balaban J connectivity index is 3.68. The van der Waals surface area contributed by atoms with Crippen molar-refractivity contribution < 1.29 is 0 Å². The molecule has 1 atom stereocenters. The van der Waals surface area contributed by atoms with Crippen molar-refractivity contribution in [2.24, 2.45) is 11.7 Å². The molecule has 0 rings (SSSR count). The Morgan fingerprint density at radius 3 is 1.86 bits per heavy atom. The lowest BCUT2D eigenvalue weighted by atomic mass is 10.0. The molecule has 0 aliphatic carbocycles. The molecule has 0 radical (unpaired) electrons. The van der Waals surface area contributed by atoms with Crippen molar-refractivity contribution in [3.63, 3.8) is 0 Å². The van der Waals surface area contributed by atoms with E-state index in [4.69, 9.17) is 5.73 Å². The second-order valence-electron chi connectivity index (χ2n) is 4.54. The zero-order valence-electron chi connectivity index (χ0n) is 10.4. The molecular formula is C12H28N2. The lowest BCUT2D eigenvalue weighted by Crippen LogP contribution is -2.34. The Kier molecular flexibility index (Phi) is 8.20. The average Bonchev–Trinajstić information content (AvgIpc) is 2.14. The van der Waals surface area contributed by atoms with Crippen LogP contribution in [0.5, 0.6) is 0 Å². The van der Waals surface area contributed by atoms with Gasteiger partial charge in [-0.05, 0) is 44.8 Å². The Labute approximate surface area is 89.9 Å². The highest BCUT2D eigenvalue weighted by atomic mass is 15.1. The highest BCUT2D eigenvalue weighted by Gasteiger charge is 2.09. The van der Waals surface area contributed by atoms with Crippen molar-refractivity contribution in [1.29, 1.82) is 0 Å². The van der Waals surface area contributed by atoms with Crippen molar-refractivity contribution in [1.82, 2.24) is 4.90 Å². The molecule has 0 aromatic rings. The molecule has 0 aliphatic rings. The summed E-state index contributed by atoms with van der Waals surface area (Å²) in [4.78, 5) is 2.53. The van der Waals surface area contributed by atoms with Crippen LogP contribution in [0.4, 0.5) is 0 Å². The normalized spacial score (nSPS) is 13.9. The third-order valence-corrected chi connectivity index (χ3v) is 2.71. The van der Waals surface area contributed by atoms with Crippen LogP contribution in [-0.2, 0) is 0 Å². The summed E-state index contributed by atoms with van der Waals surface area (Å²) in [6.07, 6.45) is 3.63. The van der Waals surface area contributed by atoms with Crippen LogP contribution in [0.15, 0.2) is 0 Å². The van der Waals surface area contributed by atoms with Crippen molar-refractivity contribution in [2.75, 3.05) is 19.6 Å². The van der Waals surface area contributed by atoms with Crippen LogP contribution < -0.4 is 5.73 Å². The maximum absolute atomic E-state index is 6.03. The van der Waals surface area contributed by atoms with Crippen LogP contribution in [0.25, 0.3) is 0 Å². The number of hydrogen-bond donors (Lipinski definition) is 1. The first-order valence-electron chi connectivity index (χ1n) is 6.09. The van der Waals surface area contributed by atoms with Gasteiger partial charge in [-0.1, -0.05) is 27.7 Å². The molecule has 0 heterocycles. The van der Waals surface area contributed by atoms with Gasteiger partial charge in [0, 0.05) is 6.04 Å². The molecule has 0 spiro atoms. The van der Waals surface area contributed by atoms with Gasteiger partial charge in [0.1, 0.15) is 0 Å². The van der Waals surface area contributed by atoms with Crippen molar-refractivity contribution in [2.45, 2.75) is 53.0 Å². The summed E-state index contributed by atoms with van der Waals surface area (Å²) in [7, 11) is 0. The molecule has 86 valence electrons. The first-order chi connectivity index (χ1) is 6.61. The molecule has 2 nitrogen and oxygen atoms in total. The molecule has 0 aliphatic heterocycles. The molecule has 2 heteroatoms. The van der Waals surface area contributed by atoms with E-state index in [2.05, 4.69) is 32.6 Å². The third kappa shape index (κ3) is 6.39. The van der Waals surface area contributed by atoms with Crippen LogP contribution in [0, 0.1) is 5.92 Å². The molecule has 0 fully saturated rings. The van der Waals surface area contributed by atoms with E-state index in [0.717, 1.165) is 6.42 Å². The average molecular weight is 200 g/mol. The van der Waals surface area contributed by atoms with E-state index in [-0.39, 0.29) is 0 Å². The summed E-state index contributed by atoms with van der Waals surface area (Å²) in [5.74, 6) is 0.611. The van der Waals surface area contributed by atoms with Crippen LogP contribution in [0.3, 0.4) is 0 Å². The Morgan fingerprint density at radius 2 is 1.50 bits per heavy atom. The number of rotatable bonds is 8. The van der Waals surface area contributed by atoms with Gasteiger partial charge in [-0.15, -0.1) is 0 Å². The highest BCUT2D eigenvalue weighted by molar-refractivity contribution is 4.68. The largest absolute Gasteiger partial charge is 0.327 e. The molecule has 14 heavy (non-hydrogen) atoms. The van der Waals surface area contributed by atoms with E-state index in [0.29, 0.717) is 12.0 Å². The van der Waals surface area contributed by atoms with E-state index in [1.807, 2.05) is 0 Å². The molecule has 0 amide bonds. The van der Waals surface area contributed by atoms with Crippen LogP contribution >= 0.6 is 0 Å². The second kappa shape index (κ2) is 8.25. The third-order valence-electron chi connectivity index (χ3n) is 2.71. The summed E-state index contributed by atoms with van der Waals surface area (Å²) in [5, 5.41) is 0. The SMILES string of the molecule is CCCN(CCC)CC[C@@H](N)C(C)C. The second-order valence-corrected chi connectivity index (χ2v) is 4.54. The first kappa shape index (κ1) is 13.9. The van der Waals surface area contributed by atoms with Crippen LogP contribution in [0.2, 0.25) is 0 Å². The standard InChI is InChI=1S/C12H28N2/c1-5-8-14(9-6-2)10-7-12(13)11(3)4/h11-12H,5-10,13H2,1-4H3/t12-/m1/s1. The topological polar surface area (TPSA) is 29.3 Å². The van der Waals surface area contributed by atoms with Gasteiger partial charge in [0.15, 0.2) is 0 Å². The first-order valence-corrected chi connectivity index (χ1v) is 6.09. The molecular weight excluding hydrogens is 172 g/mol. The zero-order valence-corrected chi connectivity index (χ0v) is 10.4.